The molecule has 0 atom stereocenters. The van der Waals surface area contributed by atoms with Crippen molar-refractivity contribution in [3.8, 4) is 22.6 Å². The van der Waals surface area contributed by atoms with Crippen LogP contribution in [0.2, 0.25) is 5.02 Å². The van der Waals surface area contributed by atoms with Crippen LogP contribution in [0.1, 0.15) is 31.8 Å². The van der Waals surface area contributed by atoms with Crippen LogP contribution in [-0.2, 0) is 13.2 Å². The molecule has 0 spiro atoms. The number of nitrogens with two attached hydrogens (primary N) is 1. The third-order valence-corrected chi connectivity index (χ3v) is 5.67. The smallest absolute Gasteiger partial charge is 0.250 e. The van der Waals surface area contributed by atoms with Crippen molar-refractivity contribution in [1.82, 2.24) is 4.98 Å². The molecule has 1 aromatic heterocycles. The Morgan fingerprint density at radius 1 is 0.971 bits per heavy atom. The Balaban J connectivity index is 1.50. The second-order valence-electron chi connectivity index (χ2n) is 7.60. The number of nitrogens with zero attached hydrogens (tertiary/aromatic N) is 1. The number of aldehydes is 1. The lowest BCUT2D eigenvalue weighted by molar-refractivity contribution is 0.0999. The molecule has 4 rings (SSSR count). The Morgan fingerprint density at radius 2 is 1.77 bits per heavy atom. The van der Waals surface area contributed by atoms with E-state index in [2.05, 4.69) is 4.98 Å². The maximum Gasteiger partial charge on any atom is 0.250 e. The van der Waals surface area contributed by atoms with Crippen LogP contribution in [0.5, 0.6) is 11.5 Å². The van der Waals surface area contributed by atoms with Crippen molar-refractivity contribution in [2.45, 2.75) is 13.2 Å². The molecule has 4 aromatic rings. The average molecular weight is 491 g/mol. The van der Waals surface area contributed by atoms with E-state index in [1.807, 2.05) is 0 Å². The fourth-order valence-corrected chi connectivity index (χ4v) is 3.71. The van der Waals surface area contributed by atoms with E-state index in [1.54, 1.807) is 60.7 Å². The number of hydrogen-bond donors (Lipinski definition) is 1. The molecule has 176 valence electrons. The van der Waals surface area contributed by atoms with Gasteiger partial charge in [-0.2, -0.15) is 0 Å². The van der Waals surface area contributed by atoms with Gasteiger partial charge in [0.25, 0.3) is 0 Å². The highest BCUT2D eigenvalue weighted by molar-refractivity contribution is 6.34. The number of primary amides is 1. The van der Waals surface area contributed by atoms with Gasteiger partial charge < -0.3 is 15.2 Å². The quantitative estimate of drug-likeness (QED) is 0.308. The molecule has 0 fully saturated rings. The van der Waals surface area contributed by atoms with Gasteiger partial charge in [-0.05, 0) is 24.3 Å². The van der Waals surface area contributed by atoms with Crippen molar-refractivity contribution in [3.63, 3.8) is 0 Å². The number of hydrogen-bond acceptors (Lipinski definition) is 5. The zero-order chi connectivity index (χ0) is 24.8. The summed E-state index contributed by atoms with van der Waals surface area (Å²) in [6.45, 7) is 0.181. The number of amides is 1. The predicted octanol–water partition coefficient (Wildman–Crippen LogP) is 5.61. The zero-order valence-corrected chi connectivity index (χ0v) is 19.2. The first-order valence-corrected chi connectivity index (χ1v) is 10.9. The predicted molar refractivity (Wildman–Crippen MR) is 130 cm³/mol. The summed E-state index contributed by atoms with van der Waals surface area (Å²) in [5.74, 6) is -0.216. The molecule has 2 N–H and O–H groups in total. The summed E-state index contributed by atoms with van der Waals surface area (Å²) < 4.78 is 25.9. The van der Waals surface area contributed by atoms with Gasteiger partial charge in [0.2, 0.25) is 5.91 Å². The molecule has 0 aliphatic rings. The van der Waals surface area contributed by atoms with Crippen LogP contribution in [0, 0.1) is 5.82 Å². The van der Waals surface area contributed by atoms with Gasteiger partial charge in [0.1, 0.15) is 30.5 Å². The Morgan fingerprint density at radius 3 is 2.54 bits per heavy atom. The molecule has 3 aromatic carbocycles. The van der Waals surface area contributed by atoms with Crippen LogP contribution < -0.4 is 15.2 Å². The van der Waals surface area contributed by atoms with Crippen LogP contribution >= 0.6 is 11.6 Å². The first-order valence-electron chi connectivity index (χ1n) is 10.6. The lowest BCUT2D eigenvalue weighted by atomic mass is 10.0. The highest BCUT2D eigenvalue weighted by atomic mass is 35.5. The third kappa shape index (κ3) is 5.65. The summed E-state index contributed by atoms with van der Waals surface area (Å²) >= 11 is 6.56. The standard InChI is InChI=1S/C27H20ClFN2O4/c28-26-19(4-3-6-23(26)22-5-1-2-7-24(22)29)16-34-21-9-8-18(14-32)25(11-21)35-15-17-10-20(27(30)33)13-31-12-17/h1-14H,15-16H2,(H2,30,33). The van der Waals surface area contributed by atoms with Crippen molar-refractivity contribution in [2.24, 2.45) is 5.73 Å². The monoisotopic (exact) mass is 490 g/mol. The number of rotatable bonds is 9. The molecular formula is C27H20ClFN2O4. The molecule has 0 radical (unpaired) electrons. The van der Waals surface area contributed by atoms with Crippen molar-refractivity contribution in [1.29, 1.82) is 0 Å². The minimum Gasteiger partial charge on any atom is -0.489 e. The Kier molecular flexibility index (Phi) is 7.38. The summed E-state index contributed by atoms with van der Waals surface area (Å²) in [7, 11) is 0. The third-order valence-electron chi connectivity index (χ3n) is 5.22. The Hall–Kier alpha value is -4.23. The van der Waals surface area contributed by atoms with Crippen molar-refractivity contribution in [2.75, 3.05) is 0 Å². The van der Waals surface area contributed by atoms with E-state index in [4.69, 9.17) is 26.8 Å². The van der Waals surface area contributed by atoms with Gasteiger partial charge in [-0.25, -0.2) is 4.39 Å². The van der Waals surface area contributed by atoms with E-state index in [0.717, 1.165) is 0 Å². The average Bonchev–Trinajstić information content (AvgIpc) is 2.87. The molecule has 0 unspecified atom stereocenters. The number of ether oxygens (including phenoxy) is 2. The van der Waals surface area contributed by atoms with Gasteiger partial charge in [0.15, 0.2) is 6.29 Å². The number of carbonyl (C=O) groups is 2. The minimum atomic E-state index is -0.596. The lowest BCUT2D eigenvalue weighted by Gasteiger charge is -2.14. The summed E-state index contributed by atoms with van der Waals surface area (Å²) in [6.07, 6.45) is 3.58. The fourth-order valence-electron chi connectivity index (χ4n) is 3.43. The second-order valence-corrected chi connectivity index (χ2v) is 7.98. The van der Waals surface area contributed by atoms with Gasteiger partial charge in [0, 0.05) is 40.7 Å². The van der Waals surface area contributed by atoms with Crippen molar-refractivity contribution < 1.29 is 23.5 Å². The summed E-state index contributed by atoms with van der Waals surface area (Å²) in [5, 5.41) is 0.389. The molecule has 0 aliphatic carbocycles. The van der Waals surface area contributed by atoms with Gasteiger partial charge in [-0.1, -0.05) is 48.0 Å². The molecule has 35 heavy (non-hydrogen) atoms. The Bertz CT molecular complexity index is 1390. The van der Waals surface area contributed by atoms with E-state index < -0.39 is 5.91 Å². The van der Waals surface area contributed by atoms with Crippen molar-refractivity contribution in [3.05, 3.63) is 112 Å². The van der Waals surface area contributed by atoms with E-state index in [1.165, 1.54) is 18.5 Å². The summed E-state index contributed by atoms with van der Waals surface area (Å²) in [4.78, 5) is 26.8. The summed E-state index contributed by atoms with van der Waals surface area (Å²) in [6, 6.07) is 18.1. The minimum absolute atomic E-state index is 0.0644. The highest BCUT2D eigenvalue weighted by Gasteiger charge is 2.13. The second kappa shape index (κ2) is 10.8. The van der Waals surface area contributed by atoms with E-state index in [-0.39, 0.29) is 24.6 Å². The maximum atomic E-state index is 14.3. The van der Waals surface area contributed by atoms with Crippen LogP contribution in [0.4, 0.5) is 4.39 Å². The fraction of sp³-hybridized carbons (Fsp3) is 0.0741. The van der Waals surface area contributed by atoms with Gasteiger partial charge in [-0.15, -0.1) is 0 Å². The van der Waals surface area contributed by atoms with E-state index in [9.17, 15) is 14.0 Å². The van der Waals surface area contributed by atoms with Crippen LogP contribution in [0.25, 0.3) is 11.1 Å². The molecular weight excluding hydrogens is 471 g/mol. The van der Waals surface area contributed by atoms with Gasteiger partial charge in [0.05, 0.1) is 16.1 Å². The molecule has 0 saturated carbocycles. The lowest BCUT2D eigenvalue weighted by Crippen LogP contribution is -2.12. The Labute approximate surface area is 206 Å². The first kappa shape index (κ1) is 23.9. The molecule has 0 saturated heterocycles. The topological polar surface area (TPSA) is 91.5 Å². The molecule has 8 heteroatoms. The molecule has 0 aliphatic heterocycles. The number of aromatic nitrogens is 1. The first-order chi connectivity index (χ1) is 17.0. The highest BCUT2D eigenvalue weighted by Crippen LogP contribution is 2.33. The number of benzene rings is 3. The van der Waals surface area contributed by atoms with Crippen LogP contribution in [0.15, 0.2) is 79.1 Å². The van der Waals surface area contributed by atoms with Gasteiger partial charge in [-0.3, -0.25) is 14.6 Å². The SMILES string of the molecule is NC(=O)c1cncc(COc2cc(OCc3cccc(-c4ccccc4F)c3Cl)ccc2C=O)c1. The molecule has 1 heterocycles. The molecule has 1 amide bonds. The van der Waals surface area contributed by atoms with Gasteiger partial charge >= 0.3 is 0 Å². The number of carbonyl (C=O) groups excluding carboxylic acids is 2. The normalized spacial score (nSPS) is 10.6. The number of pyridine rings is 1. The largest absolute Gasteiger partial charge is 0.489 e. The van der Waals surface area contributed by atoms with E-state index in [0.29, 0.717) is 50.6 Å². The van der Waals surface area contributed by atoms with E-state index >= 15 is 0 Å². The summed E-state index contributed by atoms with van der Waals surface area (Å²) in [5.41, 5.74) is 8.13. The molecule has 6 nitrogen and oxygen atoms in total. The zero-order valence-electron chi connectivity index (χ0n) is 18.4. The van der Waals surface area contributed by atoms with Crippen LogP contribution in [0.3, 0.4) is 0 Å². The maximum absolute atomic E-state index is 14.3. The van der Waals surface area contributed by atoms with Crippen LogP contribution in [-0.4, -0.2) is 17.2 Å². The number of halogens is 2. The molecule has 0 bridgehead atoms. The van der Waals surface area contributed by atoms with Crippen molar-refractivity contribution >= 4 is 23.8 Å².